The average molecular weight is 843 g/mol. The third-order valence-corrected chi connectivity index (χ3v) is 10.2. The van der Waals surface area contributed by atoms with Gasteiger partial charge in [0.2, 0.25) is 0 Å². The highest BCUT2D eigenvalue weighted by molar-refractivity contribution is 5.69. The molecule has 0 aliphatic heterocycles. The number of nitrogens with zero attached hydrogens (tertiary/aromatic N) is 2. The van der Waals surface area contributed by atoms with E-state index in [0.29, 0.717) is 26.1 Å². The van der Waals surface area contributed by atoms with E-state index in [4.69, 9.17) is 9.47 Å². The van der Waals surface area contributed by atoms with Crippen molar-refractivity contribution in [1.82, 2.24) is 0 Å². The number of esters is 2. The lowest BCUT2D eigenvalue weighted by atomic mass is 10.1. The molecule has 0 aliphatic rings. The Morgan fingerprint density at radius 1 is 0.360 bits per heavy atom. The van der Waals surface area contributed by atoms with Gasteiger partial charge in [0.1, 0.15) is 26.3 Å². The Balaban J connectivity index is -0.0000110. The number of ether oxygens (including phenoxy) is 2. The number of halogens is 2. The normalized spacial score (nSPS) is 11.6. The topological polar surface area (TPSA) is 52.6 Å². The Kier molecular flexibility index (Phi) is 41.8. The Morgan fingerprint density at radius 2 is 0.600 bits per heavy atom. The molecule has 0 aromatic heterocycles. The van der Waals surface area contributed by atoms with E-state index in [9.17, 15) is 9.59 Å². The van der Waals surface area contributed by atoms with E-state index in [-0.39, 0.29) is 45.9 Å². The summed E-state index contributed by atoms with van der Waals surface area (Å²) < 4.78 is 12.9. The van der Waals surface area contributed by atoms with E-state index in [2.05, 4.69) is 42.0 Å². The highest BCUT2D eigenvalue weighted by Gasteiger charge is 2.17. The minimum absolute atomic E-state index is 0. The van der Waals surface area contributed by atoms with Crippen LogP contribution in [0.25, 0.3) is 0 Å². The molecule has 0 atom stereocenters. The lowest BCUT2D eigenvalue weighted by Crippen LogP contribution is -3.00. The maximum absolute atomic E-state index is 12.2. The number of hydrogen-bond acceptors (Lipinski definition) is 4. The molecule has 0 saturated heterocycles. The van der Waals surface area contributed by atoms with Gasteiger partial charge < -0.3 is 52.4 Å². The fraction of sp³-hybridized carbons (Fsp3) is 0.952. The summed E-state index contributed by atoms with van der Waals surface area (Å²) in [6, 6.07) is 0. The van der Waals surface area contributed by atoms with Gasteiger partial charge in [-0.2, -0.15) is 0 Å². The molecule has 0 aliphatic carbocycles. The molecule has 8 heteroatoms. The van der Waals surface area contributed by atoms with Crippen LogP contribution in [0.2, 0.25) is 0 Å². The summed E-state index contributed by atoms with van der Waals surface area (Å²) in [5, 5.41) is 0. The number of carbonyl (C=O) groups is 2. The van der Waals surface area contributed by atoms with E-state index in [1.54, 1.807) is 0 Å². The molecule has 0 N–H and O–H groups in total. The summed E-state index contributed by atoms with van der Waals surface area (Å²) in [7, 11) is 9.01. The van der Waals surface area contributed by atoms with Crippen molar-refractivity contribution in [2.45, 2.75) is 194 Å². The van der Waals surface area contributed by atoms with Crippen LogP contribution < -0.4 is 34.0 Å². The summed E-state index contributed by atoms with van der Waals surface area (Å²) in [5.74, 6) is -0.107. The molecule has 50 heavy (non-hydrogen) atoms. The van der Waals surface area contributed by atoms with E-state index < -0.39 is 0 Å². The molecule has 0 amide bonds. The molecule has 6 nitrogen and oxygen atoms in total. The van der Waals surface area contributed by atoms with Crippen molar-refractivity contribution < 1.29 is 62.0 Å². The third kappa shape index (κ3) is 40.6. The van der Waals surface area contributed by atoms with Gasteiger partial charge in [-0.05, 0) is 38.5 Å². The largest absolute Gasteiger partial charge is 1.00 e. The number of carbonyl (C=O) groups excluding carboxylic acids is 2. The Labute approximate surface area is 333 Å². The van der Waals surface area contributed by atoms with Crippen molar-refractivity contribution in [1.29, 1.82) is 0 Å². The average Bonchev–Trinajstić information content (AvgIpc) is 3.03. The van der Waals surface area contributed by atoms with Gasteiger partial charge in [-0.1, -0.05) is 142 Å². The molecule has 0 saturated carbocycles. The molecular formula is C42H86Br2N2O4. The van der Waals surface area contributed by atoms with Crippen molar-refractivity contribution in [3.05, 3.63) is 0 Å². The maximum atomic E-state index is 12.2. The summed E-state index contributed by atoms with van der Waals surface area (Å²) in [4.78, 5) is 24.4. The van der Waals surface area contributed by atoms with Crippen LogP contribution in [0.4, 0.5) is 0 Å². The van der Waals surface area contributed by atoms with Crippen molar-refractivity contribution in [2.24, 2.45) is 0 Å². The van der Waals surface area contributed by atoms with Crippen LogP contribution in [-0.4, -0.2) is 88.5 Å². The zero-order chi connectivity index (χ0) is 35.6. The van der Waals surface area contributed by atoms with Gasteiger partial charge in [0.25, 0.3) is 0 Å². The summed E-state index contributed by atoms with van der Waals surface area (Å²) in [5.41, 5.74) is 0. The number of quaternary nitrogens is 2. The minimum Gasteiger partial charge on any atom is -1.00 e. The maximum Gasteiger partial charge on any atom is 0.305 e. The zero-order valence-electron chi connectivity index (χ0n) is 34.3. The standard InChI is InChI=1S/C42H86N2O4.2BrH/c1-7-9-11-13-15-17-19-23-27-31-35-43(3,4)37-39-47-41(45)33-29-25-21-22-26-30-34-42(46)48-40-38-44(5,6)36-32-28-24-20-18-16-14-12-10-8-2;;/h7-40H2,1-6H3;2*1H/q+2;;/p-2. The van der Waals surface area contributed by atoms with Crippen molar-refractivity contribution in [3.63, 3.8) is 0 Å². The molecule has 0 bridgehead atoms. The van der Waals surface area contributed by atoms with Crippen molar-refractivity contribution >= 4 is 11.9 Å². The highest BCUT2D eigenvalue weighted by atomic mass is 79.9. The Bertz CT molecular complexity index is 677. The molecule has 302 valence electrons. The molecular weight excluding hydrogens is 756 g/mol. The number of hydrogen-bond donors (Lipinski definition) is 0. The molecule has 0 rings (SSSR count). The monoisotopic (exact) mass is 840 g/mol. The summed E-state index contributed by atoms with van der Waals surface area (Å²) >= 11 is 0. The molecule has 0 heterocycles. The Hall–Kier alpha value is -0.180. The summed E-state index contributed by atoms with van der Waals surface area (Å²) in [6.07, 6.45) is 34.4. The van der Waals surface area contributed by atoms with Gasteiger partial charge in [0.05, 0.1) is 41.3 Å². The third-order valence-electron chi connectivity index (χ3n) is 10.2. The lowest BCUT2D eigenvalue weighted by molar-refractivity contribution is -0.890. The first-order chi connectivity index (χ1) is 23.1. The predicted molar refractivity (Wildman–Crippen MR) is 206 cm³/mol. The molecule has 0 fully saturated rings. The lowest BCUT2D eigenvalue weighted by Gasteiger charge is -2.29. The minimum atomic E-state index is -0.0537. The molecule has 0 unspecified atom stereocenters. The van der Waals surface area contributed by atoms with Crippen molar-refractivity contribution in [3.8, 4) is 0 Å². The first kappa shape index (κ1) is 54.2. The van der Waals surface area contributed by atoms with Crippen LogP contribution >= 0.6 is 0 Å². The van der Waals surface area contributed by atoms with E-state index >= 15 is 0 Å². The molecule has 0 spiro atoms. The smallest absolute Gasteiger partial charge is 0.305 e. The van der Waals surface area contributed by atoms with E-state index in [0.717, 1.165) is 73.7 Å². The second-order valence-electron chi connectivity index (χ2n) is 16.2. The fourth-order valence-electron chi connectivity index (χ4n) is 6.48. The van der Waals surface area contributed by atoms with Gasteiger partial charge in [-0.25, -0.2) is 0 Å². The van der Waals surface area contributed by atoms with E-state index in [1.165, 1.54) is 128 Å². The van der Waals surface area contributed by atoms with Crippen molar-refractivity contribution in [2.75, 3.05) is 67.6 Å². The SMILES string of the molecule is CCCCCCCCCCCC[N+](C)(C)CCOC(=O)CCCCCCCCC(=O)OCC[N+](C)(C)CCCCCCCCCCCC.[Br-].[Br-]. The van der Waals surface area contributed by atoms with Gasteiger partial charge in [-0.15, -0.1) is 0 Å². The quantitative estimate of drug-likeness (QED) is 0.0491. The van der Waals surface area contributed by atoms with E-state index in [1.807, 2.05) is 0 Å². The number of rotatable bonds is 37. The number of unbranched alkanes of at least 4 members (excludes halogenated alkanes) is 23. The second kappa shape index (κ2) is 38.5. The zero-order valence-corrected chi connectivity index (χ0v) is 37.5. The van der Waals surface area contributed by atoms with Gasteiger partial charge >= 0.3 is 11.9 Å². The molecule has 0 radical (unpaired) electrons. The van der Waals surface area contributed by atoms with Crippen LogP contribution in [0.3, 0.4) is 0 Å². The predicted octanol–water partition coefficient (Wildman–Crippen LogP) is 5.20. The van der Waals surface area contributed by atoms with Gasteiger partial charge in [0, 0.05) is 12.8 Å². The second-order valence-corrected chi connectivity index (χ2v) is 16.2. The first-order valence-corrected chi connectivity index (χ1v) is 21.1. The van der Waals surface area contributed by atoms with Crippen LogP contribution in [0.15, 0.2) is 0 Å². The van der Waals surface area contributed by atoms with Crippen LogP contribution in [-0.2, 0) is 19.1 Å². The van der Waals surface area contributed by atoms with Crippen LogP contribution in [0.5, 0.6) is 0 Å². The molecule has 0 aromatic rings. The van der Waals surface area contributed by atoms with Crippen LogP contribution in [0.1, 0.15) is 194 Å². The highest BCUT2D eigenvalue weighted by Crippen LogP contribution is 2.14. The van der Waals surface area contributed by atoms with Gasteiger partial charge in [-0.3, -0.25) is 9.59 Å². The summed E-state index contributed by atoms with van der Waals surface area (Å²) in [6.45, 7) is 9.69. The molecule has 0 aromatic carbocycles. The number of likely N-dealkylation sites (N-methyl/N-ethyl adjacent to an activating group) is 2. The fourth-order valence-corrected chi connectivity index (χ4v) is 6.48. The van der Waals surface area contributed by atoms with Gasteiger partial charge in [0.15, 0.2) is 0 Å². The Morgan fingerprint density at radius 3 is 0.880 bits per heavy atom. The van der Waals surface area contributed by atoms with Crippen LogP contribution in [0, 0.1) is 0 Å². The first-order valence-electron chi connectivity index (χ1n) is 21.1.